The van der Waals surface area contributed by atoms with E-state index in [9.17, 15) is 9.59 Å². The van der Waals surface area contributed by atoms with Crippen LogP contribution in [0.5, 0.6) is 17.2 Å². The van der Waals surface area contributed by atoms with E-state index in [1.54, 1.807) is 45.6 Å². The Hall–Kier alpha value is -3.06. The number of nitrogens with zero attached hydrogens (tertiary/aromatic N) is 2. The Balaban J connectivity index is 1.66. The number of hydrogen-bond donors (Lipinski definition) is 0. The molecule has 29 heavy (non-hydrogen) atoms. The monoisotopic (exact) mass is 398 g/mol. The average Bonchev–Trinajstić information content (AvgIpc) is 3.05. The van der Waals surface area contributed by atoms with Crippen LogP contribution in [0, 0.1) is 0 Å². The standard InChI is InChI=1S/C22H26N2O5/c1-23(12-11-15-5-10-19(28-3)20(13-15)29-4)18-14-21(25)24(22(18)26)16-6-8-17(27-2)9-7-16/h5-10,13,18H,11-12,14H2,1-4H3/t18-/m0/s1. The molecule has 1 atom stereocenters. The summed E-state index contributed by atoms with van der Waals surface area (Å²) in [5.41, 5.74) is 1.63. The van der Waals surface area contributed by atoms with Crippen LogP contribution in [-0.2, 0) is 16.0 Å². The molecule has 1 fully saturated rings. The van der Waals surface area contributed by atoms with Gasteiger partial charge >= 0.3 is 0 Å². The number of carbonyl (C=O) groups excluding carboxylic acids is 2. The third-order valence-electron chi connectivity index (χ3n) is 5.19. The molecule has 3 rings (SSSR count). The minimum Gasteiger partial charge on any atom is -0.497 e. The van der Waals surface area contributed by atoms with Crippen molar-refractivity contribution in [2.75, 3.05) is 39.8 Å². The summed E-state index contributed by atoms with van der Waals surface area (Å²) in [4.78, 5) is 28.6. The normalized spacial score (nSPS) is 16.4. The Kier molecular flexibility index (Phi) is 6.39. The molecule has 7 heteroatoms. The van der Waals surface area contributed by atoms with Crippen molar-refractivity contribution in [3.05, 3.63) is 48.0 Å². The molecule has 0 unspecified atom stereocenters. The van der Waals surface area contributed by atoms with E-state index >= 15 is 0 Å². The lowest BCUT2D eigenvalue weighted by molar-refractivity contribution is -0.122. The summed E-state index contributed by atoms with van der Waals surface area (Å²) in [5, 5.41) is 0. The maximum atomic E-state index is 12.9. The lowest BCUT2D eigenvalue weighted by atomic mass is 10.1. The fraction of sp³-hybridized carbons (Fsp3) is 0.364. The Morgan fingerprint density at radius 3 is 2.28 bits per heavy atom. The van der Waals surface area contributed by atoms with Gasteiger partial charge in [-0.3, -0.25) is 14.5 Å². The number of hydrogen-bond acceptors (Lipinski definition) is 6. The van der Waals surface area contributed by atoms with Crippen molar-refractivity contribution in [3.8, 4) is 17.2 Å². The van der Waals surface area contributed by atoms with Crippen LogP contribution in [0.1, 0.15) is 12.0 Å². The molecular formula is C22H26N2O5. The van der Waals surface area contributed by atoms with Gasteiger partial charge in [-0.05, 0) is 55.4 Å². The smallest absolute Gasteiger partial charge is 0.251 e. The fourth-order valence-electron chi connectivity index (χ4n) is 3.46. The third kappa shape index (κ3) is 4.35. The molecule has 1 aliphatic rings. The molecule has 0 spiro atoms. The van der Waals surface area contributed by atoms with Crippen molar-refractivity contribution in [2.45, 2.75) is 18.9 Å². The number of benzene rings is 2. The van der Waals surface area contributed by atoms with Crippen molar-refractivity contribution >= 4 is 17.5 Å². The zero-order chi connectivity index (χ0) is 21.0. The van der Waals surface area contributed by atoms with Gasteiger partial charge in [0.2, 0.25) is 5.91 Å². The van der Waals surface area contributed by atoms with Gasteiger partial charge in [0.05, 0.1) is 39.5 Å². The second kappa shape index (κ2) is 8.96. The second-order valence-electron chi connectivity index (χ2n) is 6.91. The summed E-state index contributed by atoms with van der Waals surface area (Å²) >= 11 is 0. The number of rotatable bonds is 8. The molecule has 0 bridgehead atoms. The van der Waals surface area contributed by atoms with Crippen molar-refractivity contribution in [1.82, 2.24) is 4.90 Å². The molecule has 0 aliphatic carbocycles. The molecule has 0 N–H and O–H groups in total. The SMILES string of the molecule is COc1ccc(N2C(=O)C[C@H](N(C)CCc3ccc(OC)c(OC)c3)C2=O)cc1. The van der Waals surface area contributed by atoms with Crippen LogP contribution < -0.4 is 19.1 Å². The van der Waals surface area contributed by atoms with E-state index in [4.69, 9.17) is 14.2 Å². The van der Waals surface area contributed by atoms with Gasteiger partial charge < -0.3 is 14.2 Å². The highest BCUT2D eigenvalue weighted by molar-refractivity contribution is 6.22. The molecule has 0 radical (unpaired) electrons. The van der Waals surface area contributed by atoms with E-state index in [-0.39, 0.29) is 18.2 Å². The van der Waals surface area contributed by atoms with E-state index in [2.05, 4.69) is 0 Å². The van der Waals surface area contributed by atoms with Crippen molar-refractivity contribution in [1.29, 1.82) is 0 Å². The van der Waals surface area contributed by atoms with Crippen LogP contribution in [0.3, 0.4) is 0 Å². The zero-order valence-electron chi connectivity index (χ0n) is 17.2. The lowest BCUT2D eigenvalue weighted by Crippen LogP contribution is -2.40. The first-order valence-corrected chi connectivity index (χ1v) is 9.40. The third-order valence-corrected chi connectivity index (χ3v) is 5.19. The Bertz CT molecular complexity index is 881. The van der Waals surface area contributed by atoms with E-state index < -0.39 is 6.04 Å². The van der Waals surface area contributed by atoms with Crippen LogP contribution in [0.25, 0.3) is 0 Å². The maximum absolute atomic E-state index is 12.9. The fourth-order valence-corrected chi connectivity index (χ4v) is 3.46. The van der Waals surface area contributed by atoms with Crippen LogP contribution in [0.4, 0.5) is 5.69 Å². The zero-order valence-corrected chi connectivity index (χ0v) is 17.2. The van der Waals surface area contributed by atoms with Crippen LogP contribution in [-0.4, -0.2) is 57.7 Å². The molecule has 0 aromatic heterocycles. The van der Waals surface area contributed by atoms with Crippen LogP contribution >= 0.6 is 0 Å². The Morgan fingerprint density at radius 2 is 1.66 bits per heavy atom. The van der Waals surface area contributed by atoms with Crippen molar-refractivity contribution in [2.24, 2.45) is 0 Å². The number of likely N-dealkylation sites (N-methyl/N-ethyl adjacent to an activating group) is 1. The summed E-state index contributed by atoms with van der Waals surface area (Å²) in [5.74, 6) is 1.64. The number of carbonyl (C=O) groups is 2. The minimum absolute atomic E-state index is 0.174. The summed E-state index contributed by atoms with van der Waals surface area (Å²) in [7, 11) is 6.64. The van der Waals surface area contributed by atoms with Crippen molar-refractivity contribution < 1.29 is 23.8 Å². The Morgan fingerprint density at radius 1 is 0.966 bits per heavy atom. The van der Waals surface area contributed by atoms with E-state index in [0.29, 0.717) is 29.5 Å². The van der Waals surface area contributed by atoms with Gasteiger partial charge in [-0.25, -0.2) is 4.90 Å². The molecule has 1 saturated heterocycles. The largest absolute Gasteiger partial charge is 0.497 e. The minimum atomic E-state index is -0.468. The first kappa shape index (κ1) is 20.7. The maximum Gasteiger partial charge on any atom is 0.251 e. The van der Waals surface area contributed by atoms with Gasteiger partial charge in [-0.1, -0.05) is 6.07 Å². The van der Waals surface area contributed by atoms with E-state index in [1.165, 1.54) is 4.90 Å². The summed E-state index contributed by atoms with van der Waals surface area (Å²) in [6.07, 6.45) is 0.894. The summed E-state index contributed by atoms with van der Waals surface area (Å²) in [6, 6.07) is 12.2. The number of methoxy groups -OCH3 is 3. The van der Waals surface area contributed by atoms with Crippen molar-refractivity contribution in [3.63, 3.8) is 0 Å². The van der Waals surface area contributed by atoms with Crippen LogP contribution in [0.2, 0.25) is 0 Å². The first-order chi connectivity index (χ1) is 14.0. The predicted molar refractivity (Wildman–Crippen MR) is 110 cm³/mol. The predicted octanol–water partition coefficient (Wildman–Crippen LogP) is 2.52. The average molecular weight is 398 g/mol. The highest BCUT2D eigenvalue weighted by atomic mass is 16.5. The van der Waals surface area contributed by atoms with Gasteiger partial charge in [0.1, 0.15) is 5.75 Å². The molecule has 2 aromatic carbocycles. The van der Waals surface area contributed by atoms with Gasteiger partial charge in [-0.15, -0.1) is 0 Å². The van der Waals surface area contributed by atoms with E-state index in [0.717, 1.165) is 12.0 Å². The highest BCUT2D eigenvalue weighted by Crippen LogP contribution is 2.29. The molecule has 2 amide bonds. The highest BCUT2D eigenvalue weighted by Gasteiger charge is 2.41. The second-order valence-corrected chi connectivity index (χ2v) is 6.91. The van der Waals surface area contributed by atoms with Gasteiger partial charge in [0.15, 0.2) is 11.5 Å². The van der Waals surface area contributed by atoms with Gasteiger partial charge in [0.25, 0.3) is 5.91 Å². The lowest BCUT2D eigenvalue weighted by Gasteiger charge is -2.23. The van der Waals surface area contributed by atoms with Crippen LogP contribution in [0.15, 0.2) is 42.5 Å². The molecule has 2 aromatic rings. The van der Waals surface area contributed by atoms with E-state index in [1.807, 2.05) is 30.1 Å². The topological polar surface area (TPSA) is 68.3 Å². The summed E-state index contributed by atoms with van der Waals surface area (Å²) in [6.45, 7) is 0.635. The van der Waals surface area contributed by atoms with Gasteiger partial charge in [0, 0.05) is 6.54 Å². The molecular weight excluding hydrogens is 372 g/mol. The molecule has 0 saturated carbocycles. The Labute approximate surface area is 170 Å². The molecule has 7 nitrogen and oxygen atoms in total. The quantitative estimate of drug-likeness (QED) is 0.637. The number of amides is 2. The first-order valence-electron chi connectivity index (χ1n) is 9.40. The molecule has 154 valence electrons. The molecule has 1 heterocycles. The number of anilines is 1. The number of ether oxygens (including phenoxy) is 3. The molecule has 1 aliphatic heterocycles. The number of imide groups is 1. The summed E-state index contributed by atoms with van der Waals surface area (Å²) < 4.78 is 15.7. The van der Waals surface area contributed by atoms with Gasteiger partial charge in [-0.2, -0.15) is 0 Å².